The topological polar surface area (TPSA) is 3.24 Å². The second-order valence-corrected chi connectivity index (χ2v) is 5.23. The molecule has 1 aromatic rings. The molecule has 0 unspecified atom stereocenters. The van der Waals surface area contributed by atoms with Gasteiger partial charge in [0.2, 0.25) is 0 Å². The van der Waals surface area contributed by atoms with Gasteiger partial charge in [-0.2, -0.15) is 0 Å². The van der Waals surface area contributed by atoms with E-state index in [1.807, 2.05) is 0 Å². The molecule has 0 saturated carbocycles. The number of hydrogen-bond donors (Lipinski definition) is 0. The van der Waals surface area contributed by atoms with Gasteiger partial charge in [0.05, 0.1) is 0 Å². The Hall–Kier alpha value is 0.620. The van der Waals surface area contributed by atoms with Crippen LogP contribution < -0.4 is 0 Å². The van der Waals surface area contributed by atoms with Crippen LogP contribution in [-0.4, -0.2) is 28.6 Å². The maximum absolute atomic E-state index is 3.49. The predicted molar refractivity (Wildman–Crippen MR) is 84.4 cm³/mol. The van der Waals surface area contributed by atoms with Crippen molar-refractivity contribution in [3.8, 4) is 0 Å². The van der Waals surface area contributed by atoms with E-state index in [1.54, 1.807) is 0 Å². The first-order chi connectivity index (χ1) is 7.26. The second kappa shape index (κ2) is 9.63. The largest absolute Gasteiger partial charge is 0.297 e. The average molecular weight is 416 g/mol. The first-order valence-electron chi connectivity index (χ1n) is 5.16. The number of aryl methyl sites for hydroxylation is 1. The van der Waals surface area contributed by atoms with Crippen LogP contribution in [-0.2, 0) is 6.54 Å². The first kappa shape index (κ1) is 16.6. The molecule has 16 heavy (non-hydrogen) atoms. The normalized spacial score (nSPS) is 10.2. The molecule has 0 bridgehead atoms. The lowest BCUT2D eigenvalue weighted by Crippen LogP contribution is -2.27. The molecule has 1 aromatic carbocycles. The van der Waals surface area contributed by atoms with E-state index >= 15 is 0 Å². The van der Waals surface area contributed by atoms with Crippen molar-refractivity contribution in [3.05, 3.63) is 35.4 Å². The lowest BCUT2D eigenvalue weighted by atomic mass is 10.1. The molecule has 92 valence electrons. The summed E-state index contributed by atoms with van der Waals surface area (Å²) in [5.74, 6) is 0. The summed E-state index contributed by atoms with van der Waals surface area (Å²) in [4.78, 5) is 2.44. The number of rotatable bonds is 6. The van der Waals surface area contributed by atoms with Gasteiger partial charge in [0.1, 0.15) is 0 Å². The minimum Gasteiger partial charge on any atom is -0.297 e. The van der Waals surface area contributed by atoms with Crippen molar-refractivity contribution < 1.29 is 0 Å². The fourth-order valence-electron chi connectivity index (χ4n) is 1.46. The van der Waals surface area contributed by atoms with Crippen LogP contribution in [0.25, 0.3) is 0 Å². The standard InChI is InChI=1S/C12H17Br2N.BrH/c1-11-2-4-12(5-3-11)10-15(8-6-13)9-7-14;/h2-5H,6-10H2,1H3;1H. The third-order valence-electron chi connectivity index (χ3n) is 2.33. The number of halogens is 3. The van der Waals surface area contributed by atoms with Gasteiger partial charge in [-0.25, -0.2) is 0 Å². The van der Waals surface area contributed by atoms with E-state index in [9.17, 15) is 0 Å². The molecule has 0 fully saturated rings. The molecule has 0 atom stereocenters. The molecule has 0 amide bonds. The fourth-order valence-corrected chi connectivity index (χ4v) is 2.46. The summed E-state index contributed by atoms with van der Waals surface area (Å²) in [6, 6.07) is 8.78. The van der Waals surface area contributed by atoms with Gasteiger partial charge in [0.15, 0.2) is 0 Å². The molecule has 0 saturated heterocycles. The molecule has 0 spiro atoms. The number of alkyl halides is 2. The van der Waals surface area contributed by atoms with Crippen molar-refractivity contribution in [3.63, 3.8) is 0 Å². The summed E-state index contributed by atoms with van der Waals surface area (Å²) in [6.07, 6.45) is 0. The maximum Gasteiger partial charge on any atom is 0.0234 e. The van der Waals surface area contributed by atoms with Crippen LogP contribution in [0.2, 0.25) is 0 Å². The molecule has 0 aromatic heterocycles. The van der Waals surface area contributed by atoms with Gasteiger partial charge < -0.3 is 0 Å². The Morgan fingerprint density at radius 2 is 1.50 bits per heavy atom. The maximum atomic E-state index is 3.49. The van der Waals surface area contributed by atoms with Gasteiger partial charge in [0, 0.05) is 30.3 Å². The summed E-state index contributed by atoms with van der Waals surface area (Å²) in [5, 5.41) is 2.07. The van der Waals surface area contributed by atoms with Crippen molar-refractivity contribution in [1.82, 2.24) is 4.90 Å². The van der Waals surface area contributed by atoms with Crippen LogP contribution in [0, 0.1) is 6.92 Å². The zero-order chi connectivity index (χ0) is 11.1. The Kier molecular flexibility index (Phi) is 10.0. The lowest BCUT2D eigenvalue weighted by Gasteiger charge is -2.20. The smallest absolute Gasteiger partial charge is 0.0234 e. The van der Waals surface area contributed by atoms with Crippen molar-refractivity contribution >= 4 is 48.8 Å². The van der Waals surface area contributed by atoms with Crippen molar-refractivity contribution in [2.24, 2.45) is 0 Å². The van der Waals surface area contributed by atoms with Crippen LogP contribution in [0.1, 0.15) is 11.1 Å². The van der Waals surface area contributed by atoms with E-state index in [0.717, 1.165) is 30.3 Å². The zero-order valence-electron chi connectivity index (χ0n) is 9.46. The van der Waals surface area contributed by atoms with E-state index in [1.165, 1.54) is 11.1 Å². The van der Waals surface area contributed by atoms with Gasteiger partial charge in [-0.3, -0.25) is 4.90 Å². The molecule has 0 radical (unpaired) electrons. The highest BCUT2D eigenvalue weighted by molar-refractivity contribution is 9.09. The Morgan fingerprint density at radius 3 is 1.94 bits per heavy atom. The summed E-state index contributed by atoms with van der Waals surface area (Å²) in [7, 11) is 0. The highest BCUT2D eigenvalue weighted by Crippen LogP contribution is 2.07. The Bertz CT molecular complexity index is 268. The summed E-state index contributed by atoms with van der Waals surface area (Å²) < 4.78 is 0. The van der Waals surface area contributed by atoms with Gasteiger partial charge in [-0.05, 0) is 12.5 Å². The van der Waals surface area contributed by atoms with Crippen molar-refractivity contribution in [1.29, 1.82) is 0 Å². The monoisotopic (exact) mass is 413 g/mol. The highest BCUT2D eigenvalue weighted by atomic mass is 79.9. The Labute approximate surface area is 126 Å². The number of hydrogen-bond acceptors (Lipinski definition) is 1. The van der Waals surface area contributed by atoms with Crippen molar-refractivity contribution in [2.75, 3.05) is 23.7 Å². The summed E-state index contributed by atoms with van der Waals surface area (Å²) in [6.45, 7) is 5.36. The van der Waals surface area contributed by atoms with Crippen LogP contribution in [0.4, 0.5) is 0 Å². The van der Waals surface area contributed by atoms with Gasteiger partial charge in [0.25, 0.3) is 0 Å². The molecule has 1 nitrogen and oxygen atoms in total. The highest BCUT2D eigenvalue weighted by Gasteiger charge is 2.03. The minimum atomic E-state index is 0. The van der Waals surface area contributed by atoms with Crippen LogP contribution in [0.3, 0.4) is 0 Å². The quantitative estimate of drug-likeness (QED) is 0.630. The molecule has 0 N–H and O–H groups in total. The molecule has 0 heterocycles. The average Bonchev–Trinajstić information content (AvgIpc) is 2.22. The second-order valence-electron chi connectivity index (χ2n) is 3.64. The summed E-state index contributed by atoms with van der Waals surface area (Å²) >= 11 is 6.98. The van der Waals surface area contributed by atoms with Crippen LogP contribution >= 0.6 is 48.8 Å². The van der Waals surface area contributed by atoms with Crippen LogP contribution in [0.5, 0.6) is 0 Å². The van der Waals surface area contributed by atoms with E-state index in [2.05, 4.69) is 67.9 Å². The molecular formula is C12H18Br3N. The van der Waals surface area contributed by atoms with E-state index in [0.29, 0.717) is 0 Å². The Morgan fingerprint density at radius 1 is 1.00 bits per heavy atom. The molecule has 0 aliphatic heterocycles. The molecule has 0 aliphatic rings. The molecule has 4 heteroatoms. The lowest BCUT2D eigenvalue weighted by molar-refractivity contribution is 0.302. The fraction of sp³-hybridized carbons (Fsp3) is 0.500. The third kappa shape index (κ3) is 6.38. The predicted octanol–water partition coefficient (Wildman–Crippen LogP) is 4.16. The van der Waals surface area contributed by atoms with Gasteiger partial charge >= 0.3 is 0 Å². The Balaban J connectivity index is 0.00000225. The molecular weight excluding hydrogens is 398 g/mol. The zero-order valence-corrected chi connectivity index (χ0v) is 14.3. The van der Waals surface area contributed by atoms with E-state index in [-0.39, 0.29) is 17.0 Å². The number of nitrogens with zero attached hydrogens (tertiary/aromatic N) is 1. The minimum absolute atomic E-state index is 0. The van der Waals surface area contributed by atoms with Gasteiger partial charge in [-0.15, -0.1) is 17.0 Å². The SMILES string of the molecule is Br.Cc1ccc(CN(CCBr)CCBr)cc1. The molecule has 0 aliphatic carbocycles. The first-order valence-corrected chi connectivity index (χ1v) is 7.40. The summed E-state index contributed by atoms with van der Waals surface area (Å²) in [5.41, 5.74) is 2.72. The third-order valence-corrected chi connectivity index (χ3v) is 3.04. The van der Waals surface area contributed by atoms with Crippen molar-refractivity contribution in [2.45, 2.75) is 13.5 Å². The van der Waals surface area contributed by atoms with E-state index in [4.69, 9.17) is 0 Å². The number of benzene rings is 1. The van der Waals surface area contributed by atoms with Crippen LogP contribution in [0.15, 0.2) is 24.3 Å². The van der Waals surface area contributed by atoms with E-state index < -0.39 is 0 Å². The van der Waals surface area contributed by atoms with Gasteiger partial charge in [-0.1, -0.05) is 61.7 Å². The molecule has 1 rings (SSSR count).